The molecular formula is C17H14INO5. The molecular weight excluding hydrogens is 425 g/mol. The van der Waals surface area contributed by atoms with Gasteiger partial charge in [-0.3, -0.25) is 4.79 Å². The van der Waals surface area contributed by atoms with Crippen molar-refractivity contribution in [1.29, 1.82) is 0 Å². The van der Waals surface area contributed by atoms with Gasteiger partial charge in [0.25, 0.3) is 5.91 Å². The average Bonchev–Trinajstić information content (AvgIpc) is 2.59. The summed E-state index contributed by atoms with van der Waals surface area (Å²) in [6, 6.07) is 13.2. The van der Waals surface area contributed by atoms with Crippen molar-refractivity contribution >= 4 is 46.1 Å². The summed E-state index contributed by atoms with van der Waals surface area (Å²) in [5, 5.41) is 2.53. The fourth-order valence-electron chi connectivity index (χ4n) is 1.90. The number of methoxy groups -OCH3 is 1. The monoisotopic (exact) mass is 439 g/mol. The van der Waals surface area contributed by atoms with Gasteiger partial charge in [0.2, 0.25) is 0 Å². The molecule has 124 valence electrons. The number of carbonyl (C=O) groups is 3. The maximum absolute atomic E-state index is 11.9. The molecule has 0 aromatic heterocycles. The third-order valence-corrected chi connectivity index (χ3v) is 3.67. The number of halogens is 1. The number of esters is 2. The second kappa shape index (κ2) is 8.44. The van der Waals surface area contributed by atoms with Gasteiger partial charge in [-0.25, -0.2) is 9.59 Å². The molecule has 2 aromatic rings. The van der Waals surface area contributed by atoms with E-state index >= 15 is 0 Å². The molecule has 0 saturated heterocycles. The molecule has 1 amide bonds. The number of carbonyl (C=O) groups excluding carboxylic acids is 3. The standard InChI is InChI=1S/C17H14INO5/c1-23-17(22)13-7-2-3-8-14(13)19-15(20)10-24-16(21)11-5-4-6-12(18)9-11/h2-9H,10H2,1H3,(H,19,20). The van der Waals surface area contributed by atoms with Crippen LogP contribution in [0.2, 0.25) is 0 Å². The van der Waals surface area contributed by atoms with Crippen molar-refractivity contribution in [2.45, 2.75) is 0 Å². The number of anilines is 1. The molecule has 0 bridgehead atoms. The first-order chi connectivity index (χ1) is 11.5. The third-order valence-electron chi connectivity index (χ3n) is 3.00. The Morgan fingerprint density at radius 3 is 2.50 bits per heavy atom. The second-order valence-corrected chi connectivity index (χ2v) is 5.92. The number of amides is 1. The molecule has 24 heavy (non-hydrogen) atoms. The molecule has 0 aliphatic rings. The smallest absolute Gasteiger partial charge is 0.339 e. The Balaban J connectivity index is 1.97. The maximum atomic E-state index is 11.9. The summed E-state index contributed by atoms with van der Waals surface area (Å²) in [6.45, 7) is -0.459. The Bertz CT molecular complexity index is 775. The van der Waals surface area contributed by atoms with E-state index in [2.05, 4.69) is 32.6 Å². The van der Waals surface area contributed by atoms with E-state index in [1.807, 2.05) is 6.07 Å². The van der Waals surface area contributed by atoms with Gasteiger partial charge in [-0.2, -0.15) is 0 Å². The van der Waals surface area contributed by atoms with Crippen LogP contribution in [-0.2, 0) is 14.3 Å². The van der Waals surface area contributed by atoms with Crippen molar-refractivity contribution in [3.05, 3.63) is 63.2 Å². The first-order valence-electron chi connectivity index (χ1n) is 6.91. The topological polar surface area (TPSA) is 81.7 Å². The zero-order valence-electron chi connectivity index (χ0n) is 12.7. The van der Waals surface area contributed by atoms with Gasteiger partial charge in [0.15, 0.2) is 6.61 Å². The number of benzene rings is 2. The predicted octanol–water partition coefficient (Wildman–Crippen LogP) is 2.87. The number of hydrogen-bond acceptors (Lipinski definition) is 5. The summed E-state index contributed by atoms with van der Waals surface area (Å²) < 4.78 is 10.5. The third kappa shape index (κ3) is 4.79. The van der Waals surface area contributed by atoms with Gasteiger partial charge in [-0.1, -0.05) is 18.2 Å². The van der Waals surface area contributed by atoms with Crippen LogP contribution in [0.3, 0.4) is 0 Å². The van der Waals surface area contributed by atoms with E-state index in [1.54, 1.807) is 36.4 Å². The van der Waals surface area contributed by atoms with Crippen molar-refractivity contribution in [2.75, 3.05) is 19.0 Å². The zero-order valence-corrected chi connectivity index (χ0v) is 14.9. The number of nitrogens with one attached hydrogen (secondary N) is 1. The van der Waals surface area contributed by atoms with Crippen LogP contribution in [0, 0.1) is 3.57 Å². The minimum absolute atomic E-state index is 0.220. The molecule has 2 rings (SSSR count). The Labute approximate surface area is 152 Å². The Morgan fingerprint density at radius 1 is 1.04 bits per heavy atom. The lowest BCUT2D eigenvalue weighted by Gasteiger charge is -2.10. The molecule has 0 saturated carbocycles. The summed E-state index contributed by atoms with van der Waals surface area (Å²) in [5.41, 5.74) is 0.876. The van der Waals surface area contributed by atoms with E-state index in [4.69, 9.17) is 4.74 Å². The highest BCUT2D eigenvalue weighted by Crippen LogP contribution is 2.16. The molecule has 2 aromatic carbocycles. The van der Waals surface area contributed by atoms with Gasteiger partial charge in [-0.05, 0) is 52.9 Å². The molecule has 1 N–H and O–H groups in total. The first kappa shape index (κ1) is 17.9. The van der Waals surface area contributed by atoms with E-state index in [-0.39, 0.29) is 5.56 Å². The van der Waals surface area contributed by atoms with E-state index in [1.165, 1.54) is 13.2 Å². The lowest BCUT2D eigenvalue weighted by molar-refractivity contribution is -0.119. The van der Waals surface area contributed by atoms with Gasteiger partial charge in [0.05, 0.1) is 23.9 Å². The maximum Gasteiger partial charge on any atom is 0.339 e. The van der Waals surface area contributed by atoms with Gasteiger partial charge in [-0.15, -0.1) is 0 Å². The lowest BCUT2D eigenvalue weighted by atomic mass is 10.2. The quantitative estimate of drug-likeness (QED) is 0.573. The number of hydrogen-bond donors (Lipinski definition) is 1. The summed E-state index contributed by atoms with van der Waals surface area (Å²) in [5.74, 6) is -1.71. The fourth-order valence-corrected chi connectivity index (χ4v) is 2.44. The van der Waals surface area contributed by atoms with Crippen LogP contribution < -0.4 is 5.32 Å². The van der Waals surface area contributed by atoms with E-state index < -0.39 is 24.5 Å². The normalized spacial score (nSPS) is 9.92. The fraction of sp³-hybridized carbons (Fsp3) is 0.118. The molecule has 0 spiro atoms. The Morgan fingerprint density at radius 2 is 1.79 bits per heavy atom. The van der Waals surface area contributed by atoms with Gasteiger partial charge >= 0.3 is 11.9 Å². The van der Waals surface area contributed by atoms with Crippen LogP contribution >= 0.6 is 22.6 Å². The molecule has 0 unspecified atom stereocenters. The highest BCUT2D eigenvalue weighted by atomic mass is 127. The van der Waals surface area contributed by atoms with Crippen molar-refractivity contribution in [2.24, 2.45) is 0 Å². The molecule has 0 aliphatic carbocycles. The number of rotatable bonds is 5. The highest BCUT2D eigenvalue weighted by molar-refractivity contribution is 14.1. The van der Waals surface area contributed by atoms with E-state index in [0.717, 1.165) is 3.57 Å². The van der Waals surface area contributed by atoms with E-state index in [9.17, 15) is 14.4 Å². The van der Waals surface area contributed by atoms with Gasteiger partial charge in [0.1, 0.15) is 0 Å². The molecule has 0 atom stereocenters. The zero-order chi connectivity index (χ0) is 17.5. The van der Waals surface area contributed by atoms with Gasteiger partial charge in [0, 0.05) is 3.57 Å². The summed E-state index contributed by atoms with van der Waals surface area (Å²) in [4.78, 5) is 35.5. The summed E-state index contributed by atoms with van der Waals surface area (Å²) in [6.07, 6.45) is 0. The summed E-state index contributed by atoms with van der Waals surface area (Å²) in [7, 11) is 1.25. The number of para-hydroxylation sites is 1. The molecule has 0 radical (unpaired) electrons. The lowest BCUT2D eigenvalue weighted by Crippen LogP contribution is -2.22. The number of ether oxygens (including phenoxy) is 2. The SMILES string of the molecule is COC(=O)c1ccccc1NC(=O)COC(=O)c1cccc(I)c1. The van der Waals surface area contributed by atoms with Crippen LogP contribution in [0.1, 0.15) is 20.7 Å². The van der Waals surface area contributed by atoms with E-state index in [0.29, 0.717) is 11.3 Å². The van der Waals surface area contributed by atoms with Crippen molar-refractivity contribution in [3.63, 3.8) is 0 Å². The van der Waals surface area contributed by atoms with Crippen molar-refractivity contribution in [3.8, 4) is 0 Å². The van der Waals surface area contributed by atoms with Crippen LogP contribution in [0.4, 0.5) is 5.69 Å². The molecule has 7 heteroatoms. The molecule has 0 heterocycles. The van der Waals surface area contributed by atoms with Crippen molar-refractivity contribution in [1.82, 2.24) is 0 Å². The van der Waals surface area contributed by atoms with Gasteiger partial charge < -0.3 is 14.8 Å². The Kier molecular flexibility index (Phi) is 6.30. The largest absolute Gasteiger partial charge is 0.465 e. The molecule has 6 nitrogen and oxygen atoms in total. The average molecular weight is 439 g/mol. The van der Waals surface area contributed by atoms with Crippen LogP contribution in [0.15, 0.2) is 48.5 Å². The first-order valence-corrected chi connectivity index (χ1v) is 7.99. The molecule has 0 aliphatic heterocycles. The van der Waals surface area contributed by atoms with Crippen LogP contribution in [0.25, 0.3) is 0 Å². The second-order valence-electron chi connectivity index (χ2n) is 4.67. The Hall–Kier alpha value is -2.42. The van der Waals surface area contributed by atoms with Crippen molar-refractivity contribution < 1.29 is 23.9 Å². The minimum Gasteiger partial charge on any atom is -0.465 e. The van der Waals surface area contributed by atoms with Crippen LogP contribution in [-0.4, -0.2) is 31.6 Å². The predicted molar refractivity (Wildman–Crippen MR) is 95.9 cm³/mol. The summed E-state index contributed by atoms with van der Waals surface area (Å²) >= 11 is 2.08. The molecule has 0 fully saturated rings. The minimum atomic E-state index is -0.593. The highest BCUT2D eigenvalue weighted by Gasteiger charge is 2.15. The van der Waals surface area contributed by atoms with Crippen LogP contribution in [0.5, 0.6) is 0 Å².